The van der Waals surface area contributed by atoms with Crippen LogP contribution in [0.5, 0.6) is 0 Å². The third-order valence-corrected chi connectivity index (χ3v) is 4.95. The summed E-state index contributed by atoms with van der Waals surface area (Å²) in [6.45, 7) is 3.02. The van der Waals surface area contributed by atoms with Crippen LogP contribution in [-0.4, -0.2) is 36.5 Å². The fraction of sp³-hybridized carbons (Fsp3) is 0.417. The third-order valence-electron chi connectivity index (χ3n) is 2.39. The summed E-state index contributed by atoms with van der Waals surface area (Å²) in [5.41, 5.74) is 0.342. The fourth-order valence-electron chi connectivity index (χ4n) is 1.60. The SMILES string of the molecule is CC(=O)c1cccc(S(=O)(=O)NC(C)CS(C)=O)c1. The molecule has 0 aliphatic rings. The van der Waals surface area contributed by atoms with Crippen molar-refractivity contribution in [1.29, 1.82) is 0 Å². The Morgan fingerprint density at radius 1 is 1.42 bits per heavy atom. The molecule has 2 unspecified atom stereocenters. The number of carbonyl (C=O) groups is 1. The van der Waals surface area contributed by atoms with Crippen molar-refractivity contribution in [2.45, 2.75) is 24.8 Å². The molecule has 0 amide bonds. The molecule has 0 spiro atoms. The number of hydrogen-bond donors (Lipinski definition) is 1. The van der Waals surface area contributed by atoms with Crippen LogP contribution in [0.2, 0.25) is 0 Å². The zero-order chi connectivity index (χ0) is 14.6. The Kier molecular flexibility index (Phi) is 5.39. The minimum Gasteiger partial charge on any atom is -0.295 e. The van der Waals surface area contributed by atoms with Crippen molar-refractivity contribution in [3.63, 3.8) is 0 Å². The van der Waals surface area contributed by atoms with Crippen LogP contribution in [0.15, 0.2) is 29.2 Å². The van der Waals surface area contributed by atoms with E-state index < -0.39 is 26.9 Å². The van der Waals surface area contributed by atoms with Gasteiger partial charge in [-0.3, -0.25) is 9.00 Å². The molecule has 7 heteroatoms. The summed E-state index contributed by atoms with van der Waals surface area (Å²) in [6, 6.07) is 5.40. The van der Waals surface area contributed by atoms with Gasteiger partial charge in [0.25, 0.3) is 0 Å². The Balaban J connectivity index is 2.97. The van der Waals surface area contributed by atoms with Gasteiger partial charge in [-0.15, -0.1) is 0 Å². The normalized spacial score (nSPS) is 14.9. The molecule has 0 aliphatic heterocycles. The predicted molar refractivity (Wildman–Crippen MR) is 75.2 cm³/mol. The van der Waals surface area contributed by atoms with Crippen LogP contribution < -0.4 is 4.72 Å². The van der Waals surface area contributed by atoms with E-state index in [1.165, 1.54) is 31.4 Å². The zero-order valence-corrected chi connectivity index (χ0v) is 12.7. The molecule has 0 radical (unpaired) electrons. The molecular formula is C12H17NO4S2. The molecule has 1 aromatic rings. The van der Waals surface area contributed by atoms with Crippen LogP contribution in [0.3, 0.4) is 0 Å². The average molecular weight is 303 g/mol. The maximum atomic E-state index is 12.1. The maximum Gasteiger partial charge on any atom is 0.240 e. The van der Waals surface area contributed by atoms with Crippen molar-refractivity contribution in [3.8, 4) is 0 Å². The summed E-state index contributed by atoms with van der Waals surface area (Å²) in [5.74, 6) is 0.0470. The number of nitrogens with one attached hydrogen (secondary N) is 1. The lowest BCUT2D eigenvalue weighted by Gasteiger charge is -2.13. The van der Waals surface area contributed by atoms with Crippen molar-refractivity contribution >= 4 is 26.6 Å². The first-order valence-electron chi connectivity index (χ1n) is 5.65. The van der Waals surface area contributed by atoms with Gasteiger partial charge in [-0.1, -0.05) is 12.1 Å². The average Bonchev–Trinajstić information content (AvgIpc) is 2.27. The number of hydrogen-bond acceptors (Lipinski definition) is 4. The number of carbonyl (C=O) groups excluding carboxylic acids is 1. The van der Waals surface area contributed by atoms with Crippen molar-refractivity contribution in [2.24, 2.45) is 0 Å². The Labute approximate surface area is 115 Å². The van der Waals surface area contributed by atoms with Gasteiger partial charge in [0.1, 0.15) is 0 Å². The number of Topliss-reactive ketones (excluding diaryl/α,β-unsaturated/α-hetero) is 1. The van der Waals surface area contributed by atoms with Crippen LogP contribution in [0, 0.1) is 0 Å². The maximum absolute atomic E-state index is 12.1. The molecule has 0 saturated carbocycles. The first kappa shape index (κ1) is 16.0. The molecule has 0 aliphatic carbocycles. The highest BCUT2D eigenvalue weighted by atomic mass is 32.2. The second kappa shape index (κ2) is 6.40. The number of ketones is 1. The Hall–Kier alpha value is -1.05. The van der Waals surface area contributed by atoms with Crippen LogP contribution >= 0.6 is 0 Å². The van der Waals surface area contributed by atoms with E-state index in [0.717, 1.165) is 0 Å². The topological polar surface area (TPSA) is 80.3 Å². The minimum absolute atomic E-state index is 0.0361. The molecule has 2 atom stereocenters. The van der Waals surface area contributed by atoms with Crippen LogP contribution in [-0.2, 0) is 20.8 Å². The lowest BCUT2D eigenvalue weighted by molar-refractivity contribution is 0.101. The second-order valence-corrected chi connectivity index (χ2v) is 7.54. The van der Waals surface area contributed by atoms with Gasteiger partial charge in [0.2, 0.25) is 10.0 Å². The first-order chi connectivity index (χ1) is 8.72. The van der Waals surface area contributed by atoms with E-state index in [4.69, 9.17) is 0 Å². The Morgan fingerprint density at radius 2 is 2.05 bits per heavy atom. The van der Waals surface area contributed by atoms with E-state index in [-0.39, 0.29) is 16.4 Å². The highest BCUT2D eigenvalue weighted by Crippen LogP contribution is 2.12. The van der Waals surface area contributed by atoms with Crippen LogP contribution in [0.1, 0.15) is 24.2 Å². The van der Waals surface area contributed by atoms with Gasteiger partial charge in [-0.05, 0) is 26.0 Å². The van der Waals surface area contributed by atoms with Crippen LogP contribution in [0.4, 0.5) is 0 Å². The Bertz CT molecular complexity index is 596. The molecular weight excluding hydrogens is 286 g/mol. The van der Waals surface area contributed by atoms with Crippen molar-refractivity contribution in [1.82, 2.24) is 4.72 Å². The quantitative estimate of drug-likeness (QED) is 0.793. The Morgan fingerprint density at radius 3 is 2.58 bits per heavy atom. The lowest BCUT2D eigenvalue weighted by atomic mass is 10.2. The van der Waals surface area contributed by atoms with E-state index in [2.05, 4.69) is 4.72 Å². The summed E-state index contributed by atoms with van der Waals surface area (Å²) in [5, 5.41) is 0. The summed E-state index contributed by atoms with van der Waals surface area (Å²) in [4.78, 5) is 11.3. The monoisotopic (exact) mass is 303 g/mol. The molecule has 19 heavy (non-hydrogen) atoms. The minimum atomic E-state index is -3.70. The largest absolute Gasteiger partial charge is 0.295 e. The molecule has 0 bridgehead atoms. The fourth-order valence-corrected chi connectivity index (χ4v) is 3.78. The van der Waals surface area contributed by atoms with E-state index >= 15 is 0 Å². The zero-order valence-electron chi connectivity index (χ0n) is 11.0. The summed E-state index contributed by atoms with van der Waals surface area (Å²) >= 11 is 0. The van der Waals surface area contributed by atoms with Crippen molar-refractivity contribution < 1.29 is 17.4 Å². The highest BCUT2D eigenvalue weighted by Gasteiger charge is 2.18. The molecule has 5 nitrogen and oxygen atoms in total. The molecule has 1 N–H and O–H groups in total. The third kappa shape index (κ3) is 4.85. The number of rotatable bonds is 6. The van der Waals surface area contributed by atoms with Gasteiger partial charge in [0.05, 0.1) is 4.90 Å². The van der Waals surface area contributed by atoms with Gasteiger partial charge in [0, 0.05) is 34.4 Å². The molecule has 0 fully saturated rings. The lowest BCUT2D eigenvalue weighted by Crippen LogP contribution is -2.36. The molecule has 1 rings (SSSR count). The highest BCUT2D eigenvalue weighted by molar-refractivity contribution is 7.89. The van der Waals surface area contributed by atoms with E-state index in [1.807, 2.05) is 0 Å². The van der Waals surface area contributed by atoms with Gasteiger partial charge < -0.3 is 0 Å². The number of benzene rings is 1. The van der Waals surface area contributed by atoms with Gasteiger partial charge in [-0.25, -0.2) is 13.1 Å². The van der Waals surface area contributed by atoms with E-state index in [1.54, 1.807) is 13.0 Å². The molecule has 106 valence electrons. The predicted octanol–water partition coefficient (Wildman–Crippen LogP) is 0.935. The smallest absolute Gasteiger partial charge is 0.240 e. The summed E-state index contributed by atoms with van der Waals surface area (Å²) in [7, 11) is -4.78. The molecule has 0 heterocycles. The molecule has 1 aromatic carbocycles. The first-order valence-corrected chi connectivity index (χ1v) is 8.87. The molecule has 0 aromatic heterocycles. The standard InChI is InChI=1S/C12H17NO4S2/c1-9(8-18(3)15)13-19(16,17)12-6-4-5-11(7-12)10(2)14/h4-7,9,13H,8H2,1-3H3. The van der Waals surface area contributed by atoms with Crippen molar-refractivity contribution in [2.75, 3.05) is 12.0 Å². The van der Waals surface area contributed by atoms with Gasteiger partial charge in [-0.2, -0.15) is 0 Å². The van der Waals surface area contributed by atoms with E-state index in [9.17, 15) is 17.4 Å². The summed E-state index contributed by atoms with van der Waals surface area (Å²) < 4.78 is 37.6. The van der Waals surface area contributed by atoms with Crippen LogP contribution in [0.25, 0.3) is 0 Å². The molecule has 0 saturated heterocycles. The van der Waals surface area contributed by atoms with Crippen molar-refractivity contribution in [3.05, 3.63) is 29.8 Å². The van der Waals surface area contributed by atoms with Gasteiger partial charge >= 0.3 is 0 Å². The summed E-state index contributed by atoms with van der Waals surface area (Å²) in [6.07, 6.45) is 1.52. The number of sulfonamides is 1. The second-order valence-electron chi connectivity index (χ2n) is 4.35. The van der Waals surface area contributed by atoms with Gasteiger partial charge in [0.15, 0.2) is 5.78 Å². The van der Waals surface area contributed by atoms with E-state index in [0.29, 0.717) is 5.56 Å².